The molecule has 1 aliphatic carbocycles. The van der Waals surface area contributed by atoms with E-state index in [9.17, 15) is 4.79 Å². The van der Waals surface area contributed by atoms with Gasteiger partial charge in [0.15, 0.2) is 5.60 Å². The van der Waals surface area contributed by atoms with Crippen LogP contribution in [0.3, 0.4) is 0 Å². The molecule has 0 unspecified atom stereocenters. The highest BCUT2D eigenvalue weighted by Gasteiger charge is 2.78. The smallest absolute Gasteiger partial charge is 0.338 e. The first-order valence-electron chi connectivity index (χ1n) is 8.85. The maximum Gasteiger partial charge on any atom is 0.338 e. The summed E-state index contributed by atoms with van der Waals surface area (Å²) in [6.07, 6.45) is 5.57. The number of carbonyl (C=O) groups excluding carboxylic acids is 1. The topological polar surface area (TPSA) is 50.4 Å². The molecule has 0 aromatic heterocycles. The van der Waals surface area contributed by atoms with Crippen molar-refractivity contribution < 1.29 is 9.53 Å². The van der Waals surface area contributed by atoms with E-state index in [-0.39, 0.29) is 12.0 Å². The van der Waals surface area contributed by atoms with Gasteiger partial charge in [0.1, 0.15) is 0 Å². The monoisotopic (exact) mass is 332 g/mol. The fraction of sp³-hybridized carbons (Fsp3) is 0.286. The van der Waals surface area contributed by atoms with E-state index in [4.69, 9.17) is 4.74 Å². The fourth-order valence-electron chi connectivity index (χ4n) is 4.64. The van der Waals surface area contributed by atoms with Crippen LogP contribution in [0, 0.1) is 0 Å². The van der Waals surface area contributed by atoms with Crippen molar-refractivity contribution in [2.75, 3.05) is 0 Å². The lowest BCUT2D eigenvalue weighted by atomic mass is 9.63. The van der Waals surface area contributed by atoms with Crippen LogP contribution in [-0.2, 0) is 20.7 Å². The van der Waals surface area contributed by atoms with Gasteiger partial charge in [0.05, 0.1) is 6.04 Å². The first-order chi connectivity index (χ1) is 12.3. The molecular formula is C21H20N2O2. The van der Waals surface area contributed by atoms with Crippen LogP contribution in [-0.4, -0.2) is 12.0 Å². The van der Waals surface area contributed by atoms with Gasteiger partial charge < -0.3 is 4.74 Å². The Kier molecular flexibility index (Phi) is 3.14. The Bertz CT molecular complexity index is 849. The summed E-state index contributed by atoms with van der Waals surface area (Å²) in [6, 6.07) is 20.0. The third kappa shape index (κ3) is 1.76. The van der Waals surface area contributed by atoms with Gasteiger partial charge in [0.25, 0.3) is 0 Å². The number of ether oxygens (including phenoxy) is 1. The predicted molar refractivity (Wildman–Crippen MR) is 94.3 cm³/mol. The number of carbonyl (C=O) groups is 1. The van der Waals surface area contributed by atoms with Gasteiger partial charge in [-0.1, -0.05) is 72.3 Å². The quantitative estimate of drug-likeness (QED) is 0.670. The molecule has 0 amide bonds. The minimum atomic E-state index is -0.899. The number of nitrogens with one attached hydrogen (secondary N) is 2. The lowest BCUT2D eigenvalue weighted by Crippen LogP contribution is -2.71. The minimum Gasteiger partial charge on any atom is -0.447 e. The zero-order valence-corrected chi connectivity index (χ0v) is 13.9. The molecule has 2 aromatic rings. The van der Waals surface area contributed by atoms with Crippen molar-refractivity contribution in [3.05, 3.63) is 83.4 Å². The molecule has 4 nitrogen and oxygen atoms in total. The molecule has 2 fully saturated rings. The van der Waals surface area contributed by atoms with E-state index in [1.165, 1.54) is 5.57 Å². The Balaban J connectivity index is 1.73. The Labute approximate surface area is 146 Å². The summed E-state index contributed by atoms with van der Waals surface area (Å²) in [4.78, 5) is 12.8. The van der Waals surface area contributed by atoms with Crippen molar-refractivity contribution in [1.29, 1.82) is 0 Å². The summed E-state index contributed by atoms with van der Waals surface area (Å²) in [6.45, 7) is 0. The Hall–Kier alpha value is -2.43. The minimum absolute atomic E-state index is 0.0599. The van der Waals surface area contributed by atoms with Crippen LogP contribution in [0.2, 0.25) is 0 Å². The molecule has 2 N–H and O–H groups in total. The molecule has 3 aliphatic rings. The highest BCUT2D eigenvalue weighted by atomic mass is 16.6. The first kappa shape index (κ1) is 14.9. The maximum atomic E-state index is 12.8. The van der Waals surface area contributed by atoms with Crippen LogP contribution in [0.15, 0.2) is 72.3 Å². The molecule has 0 saturated carbocycles. The molecule has 0 radical (unpaired) electrons. The van der Waals surface area contributed by atoms with Gasteiger partial charge in [-0.3, -0.25) is 0 Å². The Morgan fingerprint density at radius 3 is 2.24 bits per heavy atom. The number of fused-ring (bicyclic) bond motifs is 1. The van der Waals surface area contributed by atoms with E-state index in [0.29, 0.717) is 0 Å². The SMILES string of the molecule is O=C1O[C@@]2(c3ccccc3)[C@H](C3=CCCC3)NN[C@@]12c1ccccc1. The van der Waals surface area contributed by atoms with Gasteiger partial charge in [0.2, 0.25) is 5.54 Å². The second-order valence-corrected chi connectivity index (χ2v) is 6.98. The summed E-state index contributed by atoms with van der Waals surface area (Å²) in [7, 11) is 0. The van der Waals surface area contributed by atoms with Crippen LogP contribution in [0.4, 0.5) is 0 Å². The predicted octanol–water partition coefficient (Wildman–Crippen LogP) is 2.92. The summed E-state index contributed by atoms with van der Waals surface area (Å²) in [5.41, 5.74) is 8.36. The van der Waals surface area contributed by atoms with Crippen molar-refractivity contribution in [1.82, 2.24) is 10.9 Å². The fourth-order valence-corrected chi connectivity index (χ4v) is 4.64. The first-order valence-corrected chi connectivity index (χ1v) is 8.85. The highest BCUT2D eigenvalue weighted by Crippen LogP contribution is 2.59. The number of rotatable bonds is 3. The van der Waals surface area contributed by atoms with E-state index in [1.54, 1.807) is 0 Å². The lowest BCUT2D eigenvalue weighted by molar-refractivity contribution is -0.223. The summed E-state index contributed by atoms with van der Waals surface area (Å²) >= 11 is 0. The molecule has 2 heterocycles. The molecule has 25 heavy (non-hydrogen) atoms. The number of allylic oxidation sites excluding steroid dienone is 1. The lowest BCUT2D eigenvalue weighted by Gasteiger charge is -2.53. The van der Waals surface area contributed by atoms with Crippen LogP contribution in [0.5, 0.6) is 0 Å². The zero-order valence-electron chi connectivity index (χ0n) is 13.9. The number of hydrogen-bond donors (Lipinski definition) is 2. The molecule has 126 valence electrons. The van der Waals surface area contributed by atoms with Crippen molar-refractivity contribution in [2.45, 2.75) is 36.4 Å². The third-order valence-electron chi connectivity index (χ3n) is 5.78. The highest BCUT2D eigenvalue weighted by molar-refractivity contribution is 5.93. The van der Waals surface area contributed by atoms with Crippen molar-refractivity contribution in [2.24, 2.45) is 0 Å². The molecule has 2 saturated heterocycles. The van der Waals surface area contributed by atoms with Crippen LogP contribution < -0.4 is 10.9 Å². The number of esters is 1. The molecule has 5 rings (SSSR count). The van der Waals surface area contributed by atoms with Crippen molar-refractivity contribution >= 4 is 5.97 Å². The van der Waals surface area contributed by atoms with Crippen LogP contribution in [0.1, 0.15) is 30.4 Å². The van der Waals surface area contributed by atoms with Gasteiger partial charge in [-0.2, -0.15) is 0 Å². The van der Waals surface area contributed by atoms with E-state index in [2.05, 4.69) is 29.1 Å². The number of hydrogen-bond acceptors (Lipinski definition) is 4. The summed E-state index contributed by atoms with van der Waals surface area (Å²) in [5.74, 6) is -0.226. The van der Waals surface area contributed by atoms with Gasteiger partial charge in [-0.15, -0.1) is 0 Å². The van der Waals surface area contributed by atoms with E-state index < -0.39 is 11.1 Å². The third-order valence-corrected chi connectivity index (χ3v) is 5.78. The van der Waals surface area contributed by atoms with Crippen molar-refractivity contribution in [3.63, 3.8) is 0 Å². The molecule has 4 heteroatoms. The standard InChI is InChI=1S/C21H20N2O2/c24-19-20(16-11-3-1-4-12-16)21(25-19,17-13-5-2-6-14-17)18(22-23-20)15-9-7-8-10-15/h1-6,9,11-14,18,22-23H,7-8,10H2/t18-,20-,21-/m0/s1. The Morgan fingerprint density at radius 1 is 0.960 bits per heavy atom. The van der Waals surface area contributed by atoms with Crippen molar-refractivity contribution in [3.8, 4) is 0 Å². The summed E-state index contributed by atoms with van der Waals surface area (Å²) in [5, 5.41) is 0. The van der Waals surface area contributed by atoms with E-state index in [0.717, 1.165) is 30.4 Å². The Morgan fingerprint density at radius 2 is 1.64 bits per heavy atom. The average Bonchev–Trinajstić information content (AvgIpc) is 3.27. The number of benzene rings is 2. The van der Waals surface area contributed by atoms with Gasteiger partial charge in [-0.25, -0.2) is 15.6 Å². The normalized spacial score (nSPS) is 33.4. The largest absolute Gasteiger partial charge is 0.447 e. The zero-order chi connectivity index (χ0) is 16.9. The van der Waals surface area contributed by atoms with Gasteiger partial charge in [-0.05, 0) is 24.8 Å². The van der Waals surface area contributed by atoms with Gasteiger partial charge >= 0.3 is 5.97 Å². The molecule has 0 bridgehead atoms. The molecule has 2 aromatic carbocycles. The van der Waals surface area contributed by atoms with Crippen LogP contribution >= 0.6 is 0 Å². The second-order valence-electron chi connectivity index (χ2n) is 6.98. The second kappa shape index (κ2) is 5.28. The molecular weight excluding hydrogens is 312 g/mol. The van der Waals surface area contributed by atoms with E-state index >= 15 is 0 Å². The van der Waals surface area contributed by atoms with E-state index in [1.807, 2.05) is 48.5 Å². The maximum absolute atomic E-state index is 12.8. The van der Waals surface area contributed by atoms with Crippen LogP contribution in [0.25, 0.3) is 0 Å². The molecule has 0 spiro atoms. The molecule has 3 atom stereocenters. The molecule has 2 aliphatic heterocycles. The summed E-state index contributed by atoms with van der Waals surface area (Å²) < 4.78 is 6.01. The average molecular weight is 332 g/mol. The number of hydrazine groups is 1. The van der Waals surface area contributed by atoms with Gasteiger partial charge in [0, 0.05) is 5.56 Å².